The summed E-state index contributed by atoms with van der Waals surface area (Å²) in [7, 11) is -3.65. The molecular formula is C18H18N2O5S. The van der Waals surface area contributed by atoms with Crippen LogP contribution >= 0.6 is 0 Å². The van der Waals surface area contributed by atoms with Crippen LogP contribution in [0.3, 0.4) is 0 Å². The Morgan fingerprint density at radius 2 is 1.85 bits per heavy atom. The van der Waals surface area contributed by atoms with Gasteiger partial charge in [0.15, 0.2) is 12.2 Å². The summed E-state index contributed by atoms with van der Waals surface area (Å²) in [5.41, 5.74) is 2.44. The average molecular weight is 374 g/mol. The zero-order valence-corrected chi connectivity index (χ0v) is 15.2. The quantitative estimate of drug-likeness (QED) is 0.616. The summed E-state index contributed by atoms with van der Waals surface area (Å²) in [5.74, 6) is -0.442. The molecule has 0 atom stereocenters. The van der Waals surface area contributed by atoms with Gasteiger partial charge in [-0.25, -0.2) is 13.4 Å². The van der Waals surface area contributed by atoms with E-state index in [0.717, 1.165) is 16.1 Å². The van der Waals surface area contributed by atoms with Gasteiger partial charge in [0, 0.05) is 0 Å². The summed E-state index contributed by atoms with van der Waals surface area (Å²) < 4.78 is 35.8. The number of carbonyl (C=O) groups is 1. The van der Waals surface area contributed by atoms with E-state index in [-0.39, 0.29) is 12.5 Å². The van der Waals surface area contributed by atoms with E-state index in [0.29, 0.717) is 16.8 Å². The number of aryl methyl sites for hydroxylation is 1. The second kappa shape index (κ2) is 7.17. The van der Waals surface area contributed by atoms with E-state index in [1.807, 2.05) is 12.1 Å². The molecule has 0 fully saturated rings. The number of oxazole rings is 1. The van der Waals surface area contributed by atoms with E-state index in [4.69, 9.17) is 9.15 Å². The number of para-hydroxylation sites is 3. The Morgan fingerprint density at radius 1 is 1.15 bits per heavy atom. The van der Waals surface area contributed by atoms with Crippen molar-refractivity contribution in [2.45, 2.75) is 13.5 Å². The molecular weight excluding hydrogens is 356 g/mol. The molecule has 0 aliphatic heterocycles. The van der Waals surface area contributed by atoms with Crippen molar-refractivity contribution in [2.24, 2.45) is 0 Å². The first-order chi connectivity index (χ1) is 12.3. The van der Waals surface area contributed by atoms with Crippen molar-refractivity contribution in [3.05, 3.63) is 60.0 Å². The van der Waals surface area contributed by atoms with Gasteiger partial charge >= 0.3 is 5.97 Å². The predicted molar refractivity (Wildman–Crippen MR) is 97.2 cm³/mol. The van der Waals surface area contributed by atoms with Gasteiger partial charge < -0.3 is 9.15 Å². The molecule has 136 valence electrons. The van der Waals surface area contributed by atoms with Crippen molar-refractivity contribution >= 4 is 32.8 Å². The third kappa shape index (κ3) is 4.02. The maximum atomic E-state index is 12.2. The molecule has 3 aromatic rings. The lowest BCUT2D eigenvalue weighted by Gasteiger charge is -2.22. The van der Waals surface area contributed by atoms with Gasteiger partial charge in [-0.15, -0.1) is 0 Å². The van der Waals surface area contributed by atoms with Crippen molar-refractivity contribution in [3.63, 3.8) is 0 Å². The Bertz CT molecular complexity index is 1010. The van der Waals surface area contributed by atoms with Crippen LogP contribution in [0.5, 0.6) is 0 Å². The fraction of sp³-hybridized carbons (Fsp3) is 0.222. The first-order valence-electron chi connectivity index (χ1n) is 7.88. The predicted octanol–water partition coefficient (Wildman–Crippen LogP) is 2.65. The second-order valence-corrected chi connectivity index (χ2v) is 7.70. The first kappa shape index (κ1) is 17.9. The highest BCUT2D eigenvalue weighted by Crippen LogP contribution is 2.22. The molecule has 0 unspecified atom stereocenters. The van der Waals surface area contributed by atoms with E-state index >= 15 is 0 Å². The third-order valence-electron chi connectivity index (χ3n) is 3.75. The minimum Gasteiger partial charge on any atom is -0.454 e. The van der Waals surface area contributed by atoms with Crippen LogP contribution in [0.25, 0.3) is 11.1 Å². The van der Waals surface area contributed by atoms with Gasteiger partial charge in [-0.1, -0.05) is 30.3 Å². The van der Waals surface area contributed by atoms with Gasteiger partial charge in [0.1, 0.15) is 12.1 Å². The van der Waals surface area contributed by atoms with Crippen molar-refractivity contribution < 1.29 is 22.4 Å². The monoisotopic (exact) mass is 374 g/mol. The van der Waals surface area contributed by atoms with Crippen LogP contribution < -0.4 is 4.31 Å². The zero-order valence-electron chi connectivity index (χ0n) is 14.4. The molecule has 0 spiro atoms. The van der Waals surface area contributed by atoms with Gasteiger partial charge in [0.05, 0.1) is 11.9 Å². The fourth-order valence-corrected chi connectivity index (χ4v) is 3.41. The number of sulfonamides is 1. The Labute approximate surface area is 151 Å². The first-order valence-corrected chi connectivity index (χ1v) is 9.73. The molecule has 0 bridgehead atoms. The second-order valence-electron chi connectivity index (χ2n) is 5.79. The Balaban J connectivity index is 1.71. The molecule has 0 aliphatic rings. The van der Waals surface area contributed by atoms with Gasteiger partial charge in [0.2, 0.25) is 15.9 Å². The third-order valence-corrected chi connectivity index (χ3v) is 4.88. The van der Waals surface area contributed by atoms with E-state index in [1.54, 1.807) is 43.3 Å². The lowest BCUT2D eigenvalue weighted by atomic mass is 10.2. The highest BCUT2D eigenvalue weighted by molar-refractivity contribution is 7.92. The number of ether oxygens (including phenoxy) is 1. The van der Waals surface area contributed by atoms with E-state index in [2.05, 4.69) is 4.98 Å². The van der Waals surface area contributed by atoms with Gasteiger partial charge in [0.25, 0.3) is 0 Å². The maximum absolute atomic E-state index is 12.2. The number of hydrogen-bond donors (Lipinski definition) is 0. The number of rotatable bonds is 6. The lowest BCUT2D eigenvalue weighted by Crippen LogP contribution is -2.36. The Hall–Kier alpha value is -2.87. The number of anilines is 1. The minimum absolute atomic E-state index is 0.168. The van der Waals surface area contributed by atoms with Crippen LogP contribution in [-0.2, 0) is 26.2 Å². The standard InChI is InChI=1S/C18H18N2O5S/c1-13-7-3-5-9-15(13)20(26(2,22)23)11-18(21)24-12-17-19-14-8-4-6-10-16(14)25-17/h3-10H,11-12H2,1-2H3. The number of carbonyl (C=O) groups excluding carboxylic acids is 1. The number of fused-ring (bicyclic) bond motifs is 1. The Morgan fingerprint density at radius 3 is 2.54 bits per heavy atom. The topological polar surface area (TPSA) is 89.7 Å². The molecule has 1 heterocycles. The van der Waals surface area contributed by atoms with Gasteiger partial charge in [-0.05, 0) is 30.7 Å². The number of hydrogen-bond acceptors (Lipinski definition) is 6. The van der Waals surface area contributed by atoms with Crippen LogP contribution in [0.1, 0.15) is 11.5 Å². The summed E-state index contributed by atoms with van der Waals surface area (Å²) in [6, 6.07) is 14.1. The number of aromatic nitrogens is 1. The van der Waals surface area contributed by atoms with Crippen molar-refractivity contribution in [2.75, 3.05) is 17.1 Å². The summed E-state index contributed by atoms with van der Waals surface area (Å²) in [6.45, 7) is 1.18. The van der Waals surface area contributed by atoms with Gasteiger partial charge in [-0.2, -0.15) is 0 Å². The van der Waals surface area contributed by atoms with Crippen LogP contribution in [-0.4, -0.2) is 32.2 Å². The van der Waals surface area contributed by atoms with Crippen LogP contribution in [0, 0.1) is 6.92 Å². The molecule has 0 radical (unpaired) electrons. The fourth-order valence-electron chi connectivity index (χ4n) is 2.51. The number of benzene rings is 2. The highest BCUT2D eigenvalue weighted by Gasteiger charge is 2.23. The van der Waals surface area contributed by atoms with E-state index in [9.17, 15) is 13.2 Å². The molecule has 1 aromatic heterocycles. The summed E-state index contributed by atoms with van der Waals surface area (Å²) in [4.78, 5) is 16.4. The van der Waals surface area contributed by atoms with Crippen molar-refractivity contribution in [1.82, 2.24) is 4.98 Å². The van der Waals surface area contributed by atoms with Gasteiger partial charge in [-0.3, -0.25) is 9.10 Å². The zero-order chi connectivity index (χ0) is 18.7. The molecule has 0 aliphatic carbocycles. The maximum Gasteiger partial charge on any atom is 0.327 e. The molecule has 3 rings (SSSR count). The summed E-state index contributed by atoms with van der Waals surface area (Å²) in [6.07, 6.45) is 1.05. The molecule has 0 N–H and O–H groups in total. The average Bonchev–Trinajstić information content (AvgIpc) is 3.01. The molecule has 0 saturated heterocycles. The smallest absolute Gasteiger partial charge is 0.327 e. The minimum atomic E-state index is -3.65. The molecule has 8 heteroatoms. The summed E-state index contributed by atoms with van der Waals surface area (Å²) >= 11 is 0. The highest BCUT2D eigenvalue weighted by atomic mass is 32.2. The molecule has 7 nitrogen and oxygen atoms in total. The SMILES string of the molecule is Cc1ccccc1N(CC(=O)OCc1nc2ccccc2o1)S(C)(=O)=O. The van der Waals surface area contributed by atoms with E-state index < -0.39 is 22.5 Å². The van der Waals surface area contributed by atoms with Crippen LogP contribution in [0.15, 0.2) is 52.9 Å². The molecule has 0 amide bonds. The van der Waals surface area contributed by atoms with Crippen LogP contribution in [0.4, 0.5) is 5.69 Å². The normalized spacial score (nSPS) is 11.5. The van der Waals surface area contributed by atoms with Crippen molar-refractivity contribution in [1.29, 1.82) is 0 Å². The molecule has 26 heavy (non-hydrogen) atoms. The van der Waals surface area contributed by atoms with Crippen molar-refractivity contribution in [3.8, 4) is 0 Å². The number of esters is 1. The lowest BCUT2D eigenvalue weighted by molar-refractivity contribution is -0.143. The number of nitrogens with zero attached hydrogens (tertiary/aromatic N) is 2. The Kier molecular flexibility index (Phi) is 4.94. The van der Waals surface area contributed by atoms with Crippen LogP contribution in [0.2, 0.25) is 0 Å². The molecule has 2 aromatic carbocycles. The molecule has 0 saturated carbocycles. The van der Waals surface area contributed by atoms with E-state index in [1.165, 1.54) is 0 Å². The summed E-state index contributed by atoms with van der Waals surface area (Å²) in [5, 5.41) is 0. The largest absolute Gasteiger partial charge is 0.454 e.